The lowest BCUT2D eigenvalue weighted by Crippen LogP contribution is -2.39. The number of hydrogen-bond acceptors (Lipinski definition) is 6. The minimum atomic E-state index is -0.957. The highest BCUT2D eigenvalue weighted by Crippen LogP contribution is 2.45. The number of pyridine rings is 1. The van der Waals surface area contributed by atoms with Gasteiger partial charge in [-0.05, 0) is 102 Å². The number of nitrogens with one attached hydrogen (secondary N) is 1. The highest BCUT2D eigenvalue weighted by molar-refractivity contribution is 5.95. The van der Waals surface area contributed by atoms with Gasteiger partial charge in [-0.15, -0.1) is 0 Å². The fraction of sp³-hybridized carbons (Fsp3) is 0.486. The molecular weight excluding hydrogens is 569 g/mol. The average Bonchev–Trinajstić information content (AvgIpc) is 2.96. The predicted octanol–water partition coefficient (Wildman–Crippen LogP) is 7.79. The first-order valence-electron chi connectivity index (χ1n) is 15.8. The van der Waals surface area contributed by atoms with Crippen LogP contribution in [-0.2, 0) is 20.8 Å². The van der Waals surface area contributed by atoms with Crippen LogP contribution in [0, 0.1) is 32.0 Å². The Kier molecular flexibility index (Phi) is 10.4. The molecule has 4 rings (SSSR count). The Labute approximate surface area is 267 Å². The highest BCUT2D eigenvalue weighted by atomic mass is 19.1. The van der Waals surface area contributed by atoms with E-state index in [4.69, 9.17) is 14.5 Å². The molecule has 1 fully saturated rings. The Hall–Kier alpha value is -3.78. The summed E-state index contributed by atoms with van der Waals surface area (Å²) in [6.45, 7) is 20.0. The van der Waals surface area contributed by atoms with Gasteiger partial charge >= 0.3 is 5.97 Å². The average molecular weight is 618 g/mol. The molecule has 0 bridgehead atoms. The molecule has 3 aromatic rings. The maximum absolute atomic E-state index is 13.7. The smallest absolute Gasteiger partial charge is 0.340 e. The number of rotatable bonds is 9. The zero-order chi connectivity index (χ0) is 33.1. The molecule has 1 aromatic heterocycles. The van der Waals surface area contributed by atoms with Gasteiger partial charge in [0.1, 0.15) is 5.82 Å². The summed E-state index contributed by atoms with van der Waals surface area (Å²) in [5.41, 5.74) is 6.51. The zero-order valence-electron chi connectivity index (χ0n) is 28.3. The fourth-order valence-electron chi connectivity index (χ4n) is 5.85. The fourth-order valence-corrected chi connectivity index (χ4v) is 5.85. The summed E-state index contributed by atoms with van der Waals surface area (Å²) in [5.74, 6) is -0.924. The summed E-state index contributed by atoms with van der Waals surface area (Å²) < 4.78 is 25.6. The van der Waals surface area contributed by atoms with Gasteiger partial charge in [-0.25, -0.2) is 9.18 Å². The van der Waals surface area contributed by atoms with Crippen molar-refractivity contribution in [2.45, 2.75) is 93.4 Å². The Bertz CT molecular complexity index is 1530. The summed E-state index contributed by atoms with van der Waals surface area (Å²) in [4.78, 5) is 33.9. The number of ether oxygens (including phenoxy) is 2. The number of amides is 1. The van der Waals surface area contributed by atoms with Crippen LogP contribution in [0.3, 0.4) is 0 Å². The minimum absolute atomic E-state index is 0.220. The number of anilines is 1. The van der Waals surface area contributed by atoms with Crippen molar-refractivity contribution in [2.24, 2.45) is 5.41 Å². The van der Waals surface area contributed by atoms with Crippen molar-refractivity contribution >= 4 is 17.6 Å². The lowest BCUT2D eigenvalue weighted by molar-refractivity contribution is -0.166. The lowest BCUT2D eigenvalue weighted by Gasteiger charge is -2.41. The molecular formula is C37H48FN3O4. The molecule has 7 nitrogen and oxygen atoms in total. The first-order valence-corrected chi connectivity index (χ1v) is 15.8. The molecule has 0 radical (unpaired) electrons. The lowest BCUT2D eigenvalue weighted by atomic mass is 9.81. The Morgan fingerprint density at radius 2 is 1.67 bits per heavy atom. The number of piperidine rings is 1. The SMILES string of the molecule is CCOC(=O)[C@@H](OC(C)(C)C)c1c(C)nc(C)c(-c2ccc(C(=O)NCc3ccc(F)c(C)c3)cc2)c1N1CCC(C)(C)CC1. The van der Waals surface area contributed by atoms with E-state index in [9.17, 15) is 14.0 Å². The second-order valence-corrected chi connectivity index (χ2v) is 13.8. The van der Waals surface area contributed by atoms with Crippen molar-refractivity contribution in [3.63, 3.8) is 0 Å². The number of benzene rings is 2. The van der Waals surface area contributed by atoms with E-state index in [-0.39, 0.29) is 23.7 Å². The molecule has 0 aliphatic carbocycles. The number of nitrogens with zero attached hydrogens (tertiary/aromatic N) is 2. The van der Waals surface area contributed by atoms with E-state index < -0.39 is 17.7 Å². The summed E-state index contributed by atoms with van der Waals surface area (Å²) in [7, 11) is 0. The number of halogens is 1. The van der Waals surface area contributed by atoms with Crippen LogP contribution < -0.4 is 10.2 Å². The predicted molar refractivity (Wildman–Crippen MR) is 177 cm³/mol. The van der Waals surface area contributed by atoms with Gasteiger partial charge in [0.05, 0.1) is 17.9 Å². The van der Waals surface area contributed by atoms with E-state index >= 15 is 0 Å². The van der Waals surface area contributed by atoms with Crippen molar-refractivity contribution in [1.29, 1.82) is 0 Å². The normalized spacial score (nSPS) is 15.5. The standard InChI is InChI=1S/C37H48FN3O4/c1-10-44-35(43)33(45-36(5,6)7)31-25(4)40-24(3)30(32(31)41-19-17-37(8,9)18-20-41)27-12-14-28(15-13-27)34(42)39-22-26-11-16-29(38)23(2)21-26/h11-16,21,33H,10,17-20,22H2,1-9H3,(H,39,42)/t33-/m0/s1. The van der Waals surface area contributed by atoms with Gasteiger partial charge in [-0.3, -0.25) is 9.78 Å². The van der Waals surface area contributed by atoms with Gasteiger partial charge in [0, 0.05) is 47.7 Å². The van der Waals surface area contributed by atoms with Gasteiger partial charge in [-0.2, -0.15) is 0 Å². The van der Waals surface area contributed by atoms with Crippen LogP contribution in [-0.4, -0.2) is 42.2 Å². The van der Waals surface area contributed by atoms with E-state index in [1.807, 2.05) is 46.8 Å². The molecule has 2 heterocycles. The second-order valence-electron chi connectivity index (χ2n) is 13.8. The molecule has 1 atom stereocenters. The molecule has 1 aliphatic rings. The van der Waals surface area contributed by atoms with Gasteiger partial charge in [0.25, 0.3) is 5.91 Å². The van der Waals surface area contributed by atoms with Gasteiger partial charge < -0.3 is 19.7 Å². The molecule has 1 N–H and O–H groups in total. The van der Waals surface area contributed by atoms with Crippen molar-refractivity contribution in [3.8, 4) is 11.1 Å². The quantitative estimate of drug-likeness (QED) is 0.247. The van der Waals surface area contributed by atoms with Crippen LogP contribution in [0.25, 0.3) is 11.1 Å². The number of esters is 1. The minimum Gasteiger partial charge on any atom is -0.464 e. The first kappa shape index (κ1) is 34.1. The molecule has 0 spiro atoms. The maximum atomic E-state index is 13.7. The van der Waals surface area contributed by atoms with Gasteiger partial charge in [0.15, 0.2) is 6.10 Å². The Balaban J connectivity index is 1.77. The van der Waals surface area contributed by atoms with E-state index in [1.54, 1.807) is 38.1 Å². The van der Waals surface area contributed by atoms with E-state index in [1.165, 1.54) is 6.07 Å². The van der Waals surface area contributed by atoms with Crippen molar-refractivity contribution in [2.75, 3.05) is 24.6 Å². The van der Waals surface area contributed by atoms with Crippen LogP contribution in [0.1, 0.15) is 98.9 Å². The molecule has 1 amide bonds. The van der Waals surface area contributed by atoms with Crippen molar-refractivity contribution < 1.29 is 23.5 Å². The summed E-state index contributed by atoms with van der Waals surface area (Å²) in [6, 6.07) is 12.3. The third-order valence-electron chi connectivity index (χ3n) is 8.36. The Morgan fingerprint density at radius 1 is 1.02 bits per heavy atom. The van der Waals surface area contributed by atoms with E-state index in [0.717, 1.165) is 65.3 Å². The van der Waals surface area contributed by atoms with Crippen LogP contribution in [0.2, 0.25) is 0 Å². The molecule has 45 heavy (non-hydrogen) atoms. The number of aryl methyl sites for hydroxylation is 3. The molecule has 2 aromatic carbocycles. The van der Waals surface area contributed by atoms with Crippen LogP contribution in [0.5, 0.6) is 0 Å². The van der Waals surface area contributed by atoms with E-state index in [2.05, 4.69) is 24.1 Å². The van der Waals surface area contributed by atoms with E-state index in [0.29, 0.717) is 17.7 Å². The van der Waals surface area contributed by atoms with Crippen LogP contribution >= 0.6 is 0 Å². The number of hydrogen-bond donors (Lipinski definition) is 1. The maximum Gasteiger partial charge on any atom is 0.340 e. The van der Waals surface area contributed by atoms with Crippen molar-refractivity contribution in [1.82, 2.24) is 10.3 Å². The van der Waals surface area contributed by atoms with Crippen LogP contribution in [0.15, 0.2) is 42.5 Å². The Morgan fingerprint density at radius 3 is 2.24 bits per heavy atom. The number of aromatic nitrogens is 1. The van der Waals surface area contributed by atoms with Gasteiger partial charge in [-0.1, -0.05) is 38.1 Å². The summed E-state index contributed by atoms with van der Waals surface area (Å²) >= 11 is 0. The largest absolute Gasteiger partial charge is 0.464 e. The summed E-state index contributed by atoms with van der Waals surface area (Å²) in [6.07, 6.45) is 1.05. The third kappa shape index (κ3) is 8.28. The molecule has 0 saturated carbocycles. The second kappa shape index (κ2) is 13.7. The zero-order valence-corrected chi connectivity index (χ0v) is 28.3. The molecule has 0 unspecified atom stereocenters. The topological polar surface area (TPSA) is 80.8 Å². The van der Waals surface area contributed by atoms with Crippen molar-refractivity contribution in [3.05, 3.63) is 81.9 Å². The first-order chi connectivity index (χ1) is 21.1. The van der Waals surface area contributed by atoms with Crippen LogP contribution in [0.4, 0.5) is 10.1 Å². The monoisotopic (exact) mass is 617 g/mol. The molecule has 242 valence electrons. The van der Waals surface area contributed by atoms with Gasteiger partial charge in [0.2, 0.25) is 0 Å². The molecule has 8 heteroatoms. The highest BCUT2D eigenvalue weighted by Gasteiger charge is 2.37. The molecule has 1 aliphatic heterocycles. The summed E-state index contributed by atoms with van der Waals surface area (Å²) in [5, 5.41) is 2.93. The third-order valence-corrected chi connectivity index (χ3v) is 8.36. The molecule has 1 saturated heterocycles. The number of carbonyl (C=O) groups is 2. The number of carbonyl (C=O) groups excluding carboxylic acids is 2.